The second-order valence-electron chi connectivity index (χ2n) is 4.14. The average Bonchev–Trinajstić information content (AvgIpc) is 2.42. The number of ether oxygens (including phenoxy) is 1. The van der Waals surface area contributed by atoms with E-state index < -0.39 is 22.8 Å². The number of non-ortho nitro benzene ring substituents is 1. The zero-order valence-corrected chi connectivity index (χ0v) is 10.7. The van der Waals surface area contributed by atoms with Crippen molar-refractivity contribution in [3.8, 4) is 0 Å². The summed E-state index contributed by atoms with van der Waals surface area (Å²) in [5.74, 6) is -1.19. The molecule has 0 bridgehead atoms. The number of hydrogen-bond donors (Lipinski definition) is 2. The minimum Gasteiger partial charge on any atom is -0.460 e. The molecule has 1 rings (SSSR count). The summed E-state index contributed by atoms with van der Waals surface area (Å²) in [5, 5.41) is 10.5. The third-order valence-corrected chi connectivity index (χ3v) is 2.53. The van der Waals surface area contributed by atoms with Crippen LogP contribution in [-0.4, -0.2) is 22.8 Å². The lowest BCUT2D eigenvalue weighted by Crippen LogP contribution is -2.33. The Morgan fingerprint density at radius 2 is 1.90 bits per heavy atom. The van der Waals surface area contributed by atoms with Gasteiger partial charge >= 0.3 is 5.97 Å². The maximum Gasteiger partial charge on any atom is 0.323 e. The smallest absolute Gasteiger partial charge is 0.323 e. The Balaban J connectivity index is 2.44. The summed E-state index contributed by atoms with van der Waals surface area (Å²) in [4.78, 5) is 32.0. The first-order valence-corrected chi connectivity index (χ1v) is 5.84. The lowest BCUT2D eigenvalue weighted by Gasteiger charge is -2.10. The van der Waals surface area contributed by atoms with E-state index in [0.29, 0.717) is 5.56 Å². The van der Waals surface area contributed by atoms with Crippen LogP contribution in [0.4, 0.5) is 5.69 Å². The Bertz CT molecular complexity index is 500. The van der Waals surface area contributed by atoms with Crippen molar-refractivity contribution in [1.29, 1.82) is 0 Å². The van der Waals surface area contributed by atoms with E-state index >= 15 is 0 Å². The summed E-state index contributed by atoms with van der Waals surface area (Å²) < 4.78 is 4.94. The number of nitro groups is 1. The molecule has 8 nitrogen and oxygen atoms in total. The van der Waals surface area contributed by atoms with Gasteiger partial charge in [-0.15, -0.1) is 0 Å². The Kier molecular flexibility index (Phi) is 5.60. The van der Waals surface area contributed by atoms with Crippen LogP contribution in [0.15, 0.2) is 24.3 Å². The predicted octanol–water partition coefficient (Wildman–Crippen LogP) is 0.231. The standard InChI is InChI=1S/C12H15N3O5/c13-10(5-6-11(14)16)12(17)20-7-8-1-3-9(4-2-8)15(18)19/h1-4,10H,5-7,13H2,(H2,14,16). The molecule has 1 aromatic carbocycles. The van der Waals surface area contributed by atoms with Crippen LogP contribution < -0.4 is 11.5 Å². The maximum atomic E-state index is 11.5. The van der Waals surface area contributed by atoms with E-state index in [2.05, 4.69) is 0 Å². The van der Waals surface area contributed by atoms with Gasteiger partial charge in [0.2, 0.25) is 5.91 Å². The molecule has 1 amide bonds. The molecule has 1 unspecified atom stereocenters. The van der Waals surface area contributed by atoms with Crippen molar-refractivity contribution in [3.63, 3.8) is 0 Å². The molecule has 1 aromatic rings. The van der Waals surface area contributed by atoms with Gasteiger partial charge in [0, 0.05) is 18.6 Å². The molecule has 4 N–H and O–H groups in total. The molecule has 20 heavy (non-hydrogen) atoms. The van der Waals surface area contributed by atoms with Crippen LogP contribution in [0.25, 0.3) is 0 Å². The summed E-state index contributed by atoms with van der Waals surface area (Å²) in [5.41, 5.74) is 11.0. The highest BCUT2D eigenvalue weighted by Crippen LogP contribution is 2.12. The third-order valence-electron chi connectivity index (χ3n) is 2.53. The minimum atomic E-state index is -0.916. The zero-order valence-electron chi connectivity index (χ0n) is 10.7. The van der Waals surface area contributed by atoms with E-state index in [4.69, 9.17) is 16.2 Å². The molecular formula is C12H15N3O5. The number of carbonyl (C=O) groups excluding carboxylic acids is 2. The largest absolute Gasteiger partial charge is 0.460 e. The SMILES string of the molecule is NC(=O)CCC(N)C(=O)OCc1ccc([N+](=O)[O-])cc1. The zero-order chi connectivity index (χ0) is 15.1. The van der Waals surface area contributed by atoms with E-state index in [-0.39, 0.29) is 25.1 Å². The molecule has 0 spiro atoms. The fourth-order valence-electron chi connectivity index (χ4n) is 1.39. The molecule has 8 heteroatoms. The van der Waals surface area contributed by atoms with E-state index in [1.807, 2.05) is 0 Å². The Morgan fingerprint density at radius 1 is 1.30 bits per heavy atom. The monoisotopic (exact) mass is 281 g/mol. The topological polar surface area (TPSA) is 139 Å². The molecule has 1 atom stereocenters. The molecule has 0 aliphatic carbocycles. The molecule has 0 aliphatic rings. The Labute approximate surface area is 114 Å². The van der Waals surface area contributed by atoms with Gasteiger partial charge < -0.3 is 16.2 Å². The fraction of sp³-hybridized carbons (Fsp3) is 0.333. The van der Waals surface area contributed by atoms with Gasteiger partial charge in [-0.25, -0.2) is 0 Å². The highest BCUT2D eigenvalue weighted by atomic mass is 16.6. The first-order valence-electron chi connectivity index (χ1n) is 5.84. The van der Waals surface area contributed by atoms with Crippen molar-refractivity contribution in [1.82, 2.24) is 0 Å². The second kappa shape index (κ2) is 7.19. The molecule has 0 aliphatic heterocycles. The van der Waals surface area contributed by atoms with Gasteiger partial charge in [-0.2, -0.15) is 0 Å². The molecule has 0 aromatic heterocycles. The fourth-order valence-corrected chi connectivity index (χ4v) is 1.39. The molecule has 108 valence electrons. The number of nitro benzene ring substituents is 1. The van der Waals surface area contributed by atoms with E-state index in [1.54, 1.807) is 0 Å². The third kappa shape index (κ3) is 5.02. The van der Waals surface area contributed by atoms with E-state index in [1.165, 1.54) is 24.3 Å². The van der Waals surface area contributed by atoms with Gasteiger partial charge in [-0.05, 0) is 24.1 Å². The molecule has 0 heterocycles. The molecule has 0 radical (unpaired) electrons. The van der Waals surface area contributed by atoms with Gasteiger partial charge in [0.05, 0.1) is 4.92 Å². The Morgan fingerprint density at radius 3 is 2.40 bits per heavy atom. The van der Waals surface area contributed by atoms with Crippen LogP contribution in [0.3, 0.4) is 0 Å². The lowest BCUT2D eigenvalue weighted by molar-refractivity contribution is -0.384. The number of rotatable bonds is 7. The van der Waals surface area contributed by atoms with Crippen molar-refractivity contribution < 1.29 is 19.2 Å². The van der Waals surface area contributed by atoms with Crippen molar-refractivity contribution in [2.75, 3.05) is 0 Å². The molecule has 0 saturated heterocycles. The van der Waals surface area contributed by atoms with Crippen LogP contribution >= 0.6 is 0 Å². The van der Waals surface area contributed by atoms with Crippen molar-refractivity contribution >= 4 is 17.6 Å². The molecule has 0 fully saturated rings. The second-order valence-corrected chi connectivity index (χ2v) is 4.14. The van der Waals surface area contributed by atoms with E-state index in [9.17, 15) is 19.7 Å². The summed E-state index contributed by atoms with van der Waals surface area (Å²) in [6.07, 6.45) is 0.127. The number of hydrogen-bond acceptors (Lipinski definition) is 6. The molecular weight excluding hydrogens is 266 g/mol. The minimum absolute atomic E-state index is 0.00774. The molecule has 0 saturated carbocycles. The van der Waals surface area contributed by atoms with Crippen LogP contribution in [-0.2, 0) is 20.9 Å². The Hall–Kier alpha value is -2.48. The van der Waals surface area contributed by atoms with Crippen LogP contribution in [0, 0.1) is 10.1 Å². The number of esters is 1. The number of carbonyl (C=O) groups is 2. The number of nitrogens with two attached hydrogens (primary N) is 2. The van der Waals surface area contributed by atoms with Crippen LogP contribution in [0.1, 0.15) is 18.4 Å². The highest BCUT2D eigenvalue weighted by molar-refractivity contribution is 5.78. The maximum absolute atomic E-state index is 11.5. The first kappa shape index (κ1) is 15.6. The number of amides is 1. The van der Waals surface area contributed by atoms with Crippen molar-refractivity contribution in [2.24, 2.45) is 11.5 Å². The average molecular weight is 281 g/mol. The summed E-state index contributed by atoms with van der Waals surface area (Å²) >= 11 is 0. The lowest BCUT2D eigenvalue weighted by atomic mass is 10.1. The quantitative estimate of drug-likeness (QED) is 0.416. The van der Waals surface area contributed by atoms with Gasteiger partial charge in [-0.1, -0.05) is 0 Å². The van der Waals surface area contributed by atoms with Gasteiger partial charge in [-0.3, -0.25) is 19.7 Å². The van der Waals surface area contributed by atoms with Gasteiger partial charge in [0.1, 0.15) is 12.6 Å². The number of nitrogens with zero attached hydrogens (tertiary/aromatic N) is 1. The van der Waals surface area contributed by atoms with Gasteiger partial charge in [0.25, 0.3) is 5.69 Å². The van der Waals surface area contributed by atoms with Crippen LogP contribution in [0.2, 0.25) is 0 Å². The summed E-state index contributed by atoms with van der Waals surface area (Å²) in [7, 11) is 0. The van der Waals surface area contributed by atoms with Gasteiger partial charge in [0.15, 0.2) is 0 Å². The predicted molar refractivity (Wildman–Crippen MR) is 69.3 cm³/mol. The first-order chi connectivity index (χ1) is 9.40. The van der Waals surface area contributed by atoms with Crippen molar-refractivity contribution in [2.45, 2.75) is 25.5 Å². The van der Waals surface area contributed by atoms with Crippen LogP contribution in [0.5, 0.6) is 0 Å². The highest BCUT2D eigenvalue weighted by Gasteiger charge is 2.16. The van der Waals surface area contributed by atoms with Crippen molar-refractivity contribution in [3.05, 3.63) is 39.9 Å². The van der Waals surface area contributed by atoms with E-state index in [0.717, 1.165) is 0 Å². The summed E-state index contributed by atoms with van der Waals surface area (Å²) in [6.45, 7) is -0.0406. The summed E-state index contributed by atoms with van der Waals surface area (Å²) in [6, 6.07) is 4.69. The normalized spacial score (nSPS) is 11.7. The number of primary amides is 1. The number of benzene rings is 1.